The summed E-state index contributed by atoms with van der Waals surface area (Å²) in [6.07, 6.45) is 0. The zero-order chi connectivity index (χ0) is 16.5. The third-order valence-electron chi connectivity index (χ3n) is 2.98. The molecule has 0 fully saturated rings. The zero-order valence-electron chi connectivity index (χ0n) is 12.4. The number of carbonyl (C=O) groups is 1. The van der Waals surface area contributed by atoms with E-state index in [2.05, 4.69) is 5.32 Å². The van der Waals surface area contributed by atoms with Gasteiger partial charge in [-0.1, -0.05) is 30.3 Å². The second-order valence-corrected chi connectivity index (χ2v) is 5.82. The number of nitrogens with one attached hydrogen (secondary N) is 1. The van der Waals surface area contributed by atoms with Crippen LogP contribution in [0.2, 0.25) is 0 Å². The average molecular weight is 337 g/mol. The second kappa shape index (κ2) is 9.15. The zero-order valence-corrected chi connectivity index (χ0v) is 13.2. The predicted molar refractivity (Wildman–Crippen MR) is 87.5 cm³/mol. The van der Waals surface area contributed by atoms with E-state index in [1.165, 1.54) is 30.0 Å². The van der Waals surface area contributed by atoms with Gasteiger partial charge in [0.1, 0.15) is 5.82 Å². The summed E-state index contributed by atoms with van der Waals surface area (Å²) in [4.78, 5) is 11.6. The smallest absolute Gasteiger partial charge is 0.257 e. The van der Waals surface area contributed by atoms with Crippen LogP contribution < -0.4 is 10.1 Å². The standard InChI is InChI=1S/C17H17F2NO2S/c18-14-6-2-1-5-13(14)12-23-10-9-20-17(21)11-22-16-8-4-3-7-15(16)19/h1-8H,9-12H2,(H,20,21). The van der Waals surface area contributed by atoms with E-state index in [9.17, 15) is 13.6 Å². The average Bonchev–Trinajstić information content (AvgIpc) is 2.55. The highest BCUT2D eigenvalue weighted by atomic mass is 32.2. The maximum absolute atomic E-state index is 13.4. The van der Waals surface area contributed by atoms with E-state index in [-0.39, 0.29) is 24.1 Å². The first-order chi connectivity index (χ1) is 11.2. The van der Waals surface area contributed by atoms with Gasteiger partial charge in [-0.2, -0.15) is 11.8 Å². The lowest BCUT2D eigenvalue weighted by molar-refractivity contribution is -0.123. The van der Waals surface area contributed by atoms with Crippen molar-refractivity contribution in [3.8, 4) is 5.75 Å². The fourth-order valence-corrected chi connectivity index (χ4v) is 2.66. The molecule has 2 aromatic carbocycles. The number of halogens is 2. The minimum atomic E-state index is -0.499. The van der Waals surface area contributed by atoms with Crippen molar-refractivity contribution in [3.63, 3.8) is 0 Å². The third-order valence-corrected chi connectivity index (χ3v) is 3.99. The molecule has 0 aromatic heterocycles. The number of benzene rings is 2. The highest BCUT2D eigenvalue weighted by molar-refractivity contribution is 7.98. The molecule has 0 unspecified atom stereocenters. The van der Waals surface area contributed by atoms with Crippen LogP contribution in [0, 0.1) is 11.6 Å². The summed E-state index contributed by atoms with van der Waals surface area (Å²) in [5, 5.41) is 2.67. The molecule has 2 rings (SSSR count). The summed E-state index contributed by atoms with van der Waals surface area (Å²) in [6.45, 7) is 0.206. The largest absolute Gasteiger partial charge is 0.481 e. The summed E-state index contributed by atoms with van der Waals surface area (Å²) in [6, 6.07) is 12.5. The van der Waals surface area contributed by atoms with Crippen molar-refractivity contribution >= 4 is 17.7 Å². The van der Waals surface area contributed by atoms with Crippen LogP contribution in [0.25, 0.3) is 0 Å². The Morgan fingerprint density at radius 3 is 2.48 bits per heavy atom. The molecule has 0 heterocycles. The van der Waals surface area contributed by atoms with Crippen molar-refractivity contribution in [2.75, 3.05) is 18.9 Å². The minimum Gasteiger partial charge on any atom is -0.481 e. The Kier molecular flexibility index (Phi) is 6.87. The topological polar surface area (TPSA) is 38.3 Å². The van der Waals surface area contributed by atoms with Crippen molar-refractivity contribution in [1.82, 2.24) is 5.32 Å². The molecule has 0 aliphatic rings. The maximum Gasteiger partial charge on any atom is 0.257 e. The lowest BCUT2D eigenvalue weighted by Gasteiger charge is -2.08. The van der Waals surface area contributed by atoms with Crippen molar-refractivity contribution in [3.05, 3.63) is 65.7 Å². The lowest BCUT2D eigenvalue weighted by Crippen LogP contribution is -2.30. The Morgan fingerprint density at radius 2 is 1.74 bits per heavy atom. The molecule has 6 heteroatoms. The fraction of sp³-hybridized carbons (Fsp3) is 0.235. The molecular weight excluding hydrogens is 320 g/mol. The van der Waals surface area contributed by atoms with E-state index < -0.39 is 5.82 Å². The first-order valence-electron chi connectivity index (χ1n) is 7.12. The number of thioether (sulfide) groups is 1. The van der Waals surface area contributed by atoms with Crippen molar-refractivity contribution < 1.29 is 18.3 Å². The van der Waals surface area contributed by atoms with Crippen LogP contribution >= 0.6 is 11.8 Å². The van der Waals surface area contributed by atoms with E-state index in [0.29, 0.717) is 23.6 Å². The predicted octanol–water partition coefficient (Wildman–Crippen LogP) is 3.39. The Labute approximate surface area is 138 Å². The molecule has 1 amide bonds. The Bertz CT molecular complexity index is 652. The van der Waals surface area contributed by atoms with E-state index >= 15 is 0 Å². The number of hydrogen-bond acceptors (Lipinski definition) is 3. The first-order valence-corrected chi connectivity index (χ1v) is 8.27. The molecule has 0 spiro atoms. The van der Waals surface area contributed by atoms with E-state index in [0.717, 1.165) is 0 Å². The highest BCUT2D eigenvalue weighted by Gasteiger charge is 2.06. The molecule has 23 heavy (non-hydrogen) atoms. The Morgan fingerprint density at radius 1 is 1.04 bits per heavy atom. The number of para-hydroxylation sites is 1. The molecule has 122 valence electrons. The number of carbonyl (C=O) groups excluding carboxylic acids is 1. The van der Waals surface area contributed by atoms with Crippen molar-refractivity contribution in [2.45, 2.75) is 5.75 Å². The molecule has 1 N–H and O–H groups in total. The van der Waals surface area contributed by atoms with E-state index in [1.807, 2.05) is 0 Å². The van der Waals surface area contributed by atoms with Gasteiger partial charge < -0.3 is 10.1 Å². The van der Waals surface area contributed by atoms with Gasteiger partial charge in [0, 0.05) is 18.1 Å². The Balaban J connectivity index is 1.60. The van der Waals surface area contributed by atoms with Crippen LogP contribution in [0.5, 0.6) is 5.75 Å². The van der Waals surface area contributed by atoms with Gasteiger partial charge in [-0.3, -0.25) is 4.79 Å². The summed E-state index contributed by atoms with van der Waals surface area (Å²) >= 11 is 1.52. The molecule has 0 atom stereocenters. The molecule has 0 bridgehead atoms. The molecule has 0 saturated heterocycles. The van der Waals surface area contributed by atoms with Crippen LogP contribution in [0.4, 0.5) is 8.78 Å². The number of rotatable bonds is 8. The van der Waals surface area contributed by atoms with Gasteiger partial charge in [-0.25, -0.2) is 8.78 Å². The monoisotopic (exact) mass is 337 g/mol. The molecule has 2 aromatic rings. The van der Waals surface area contributed by atoms with Crippen LogP contribution in [0.3, 0.4) is 0 Å². The highest BCUT2D eigenvalue weighted by Crippen LogP contribution is 2.15. The van der Waals surface area contributed by atoms with Crippen molar-refractivity contribution in [1.29, 1.82) is 0 Å². The fourth-order valence-electron chi connectivity index (χ4n) is 1.82. The van der Waals surface area contributed by atoms with E-state index in [1.54, 1.807) is 30.3 Å². The van der Waals surface area contributed by atoms with Crippen LogP contribution in [0.1, 0.15) is 5.56 Å². The number of hydrogen-bond donors (Lipinski definition) is 1. The van der Waals surface area contributed by atoms with Crippen LogP contribution in [0.15, 0.2) is 48.5 Å². The van der Waals surface area contributed by atoms with E-state index in [4.69, 9.17) is 4.74 Å². The summed E-state index contributed by atoms with van der Waals surface area (Å²) in [5.41, 5.74) is 0.645. The molecule has 0 aliphatic carbocycles. The molecule has 3 nitrogen and oxygen atoms in total. The quantitative estimate of drug-likeness (QED) is 0.751. The van der Waals surface area contributed by atoms with Gasteiger partial charge in [0.2, 0.25) is 0 Å². The number of amides is 1. The minimum absolute atomic E-state index is 0.0524. The van der Waals surface area contributed by atoms with Crippen molar-refractivity contribution in [2.24, 2.45) is 0 Å². The van der Waals surface area contributed by atoms with Gasteiger partial charge in [0.25, 0.3) is 5.91 Å². The van der Waals surface area contributed by atoms with Gasteiger partial charge >= 0.3 is 0 Å². The van der Waals surface area contributed by atoms with Gasteiger partial charge in [-0.05, 0) is 23.8 Å². The summed E-state index contributed by atoms with van der Waals surface area (Å²) in [7, 11) is 0. The molecule has 0 radical (unpaired) electrons. The van der Waals surface area contributed by atoms with Crippen LogP contribution in [-0.4, -0.2) is 24.8 Å². The summed E-state index contributed by atoms with van der Waals surface area (Å²) < 4.78 is 31.8. The first kappa shape index (κ1) is 17.3. The van der Waals surface area contributed by atoms with Crippen LogP contribution in [-0.2, 0) is 10.5 Å². The molecule has 0 aliphatic heterocycles. The molecule has 0 saturated carbocycles. The van der Waals surface area contributed by atoms with Gasteiger partial charge in [0.15, 0.2) is 18.2 Å². The molecular formula is C17H17F2NO2S. The van der Waals surface area contributed by atoms with Gasteiger partial charge in [-0.15, -0.1) is 0 Å². The van der Waals surface area contributed by atoms with Gasteiger partial charge in [0.05, 0.1) is 0 Å². The SMILES string of the molecule is O=C(COc1ccccc1F)NCCSCc1ccccc1F. The normalized spacial score (nSPS) is 10.3. The second-order valence-electron chi connectivity index (χ2n) is 4.71. The summed E-state index contributed by atoms with van der Waals surface area (Å²) in [5.74, 6) is 0.216. The Hall–Kier alpha value is -2.08. The maximum atomic E-state index is 13.4. The number of ether oxygens (including phenoxy) is 1. The lowest BCUT2D eigenvalue weighted by atomic mass is 10.2. The third kappa shape index (κ3) is 5.90.